The summed E-state index contributed by atoms with van der Waals surface area (Å²) in [6, 6.07) is 13.3. The van der Waals surface area contributed by atoms with Gasteiger partial charge in [-0.05, 0) is 54.7 Å². The van der Waals surface area contributed by atoms with Crippen LogP contribution in [0.15, 0.2) is 42.5 Å². The highest BCUT2D eigenvalue weighted by Crippen LogP contribution is 2.25. The summed E-state index contributed by atoms with van der Waals surface area (Å²) in [5.74, 6) is 0.691. The van der Waals surface area contributed by atoms with Crippen molar-refractivity contribution in [3.05, 3.63) is 64.2 Å². The van der Waals surface area contributed by atoms with Crippen LogP contribution in [0.2, 0.25) is 5.02 Å². The normalized spacial score (nSPS) is 12.8. The van der Waals surface area contributed by atoms with E-state index in [4.69, 9.17) is 16.3 Å². The smallest absolute Gasteiger partial charge is 0.252 e. The van der Waals surface area contributed by atoms with Crippen molar-refractivity contribution in [1.29, 1.82) is 0 Å². The Hall–Kier alpha value is -2.00. The molecule has 4 heteroatoms. The minimum absolute atomic E-state index is 0.178. The molecule has 0 bridgehead atoms. The molecule has 1 N–H and O–H groups in total. The van der Waals surface area contributed by atoms with Crippen LogP contribution in [0.1, 0.15) is 27.9 Å². The summed E-state index contributed by atoms with van der Waals surface area (Å²) in [5, 5.41) is 3.27. The number of carbonyl (C=O) groups is 1. The number of ether oxygens (including phenoxy) is 1. The van der Waals surface area contributed by atoms with Crippen molar-refractivity contribution < 1.29 is 9.53 Å². The zero-order chi connectivity index (χ0) is 15.4. The van der Waals surface area contributed by atoms with Gasteiger partial charge in [0, 0.05) is 0 Å². The molecule has 0 aromatic heterocycles. The van der Waals surface area contributed by atoms with Crippen molar-refractivity contribution in [2.45, 2.75) is 19.3 Å². The number of fused-ring (bicyclic) bond motifs is 1. The van der Waals surface area contributed by atoms with Crippen LogP contribution in [0.3, 0.4) is 0 Å². The number of amides is 1. The third kappa shape index (κ3) is 3.42. The Morgan fingerprint density at radius 3 is 2.82 bits per heavy atom. The molecule has 3 rings (SSSR count). The molecule has 0 atom stereocenters. The molecular weight excluding hydrogens is 298 g/mol. The van der Waals surface area contributed by atoms with Crippen molar-refractivity contribution >= 4 is 17.5 Å². The number of hydrogen-bond acceptors (Lipinski definition) is 2. The van der Waals surface area contributed by atoms with Gasteiger partial charge in [0.05, 0.1) is 17.1 Å². The Morgan fingerprint density at radius 2 is 1.95 bits per heavy atom. The molecule has 0 fully saturated rings. The molecular formula is C18H18ClNO2. The van der Waals surface area contributed by atoms with Crippen molar-refractivity contribution in [2.24, 2.45) is 0 Å². The second-order valence-electron chi connectivity index (χ2n) is 5.37. The summed E-state index contributed by atoms with van der Waals surface area (Å²) < 4.78 is 5.70. The lowest BCUT2D eigenvalue weighted by molar-refractivity contribution is 0.0947. The topological polar surface area (TPSA) is 38.3 Å². The lowest BCUT2D eigenvalue weighted by Gasteiger charge is -2.10. The van der Waals surface area contributed by atoms with Gasteiger partial charge in [-0.15, -0.1) is 0 Å². The first-order valence-corrected chi connectivity index (χ1v) is 7.89. The summed E-state index contributed by atoms with van der Waals surface area (Å²) in [6.45, 7) is 0.885. The first kappa shape index (κ1) is 14.9. The van der Waals surface area contributed by atoms with Gasteiger partial charge < -0.3 is 10.1 Å². The highest BCUT2D eigenvalue weighted by Gasteiger charge is 2.11. The molecule has 0 radical (unpaired) electrons. The molecule has 22 heavy (non-hydrogen) atoms. The van der Waals surface area contributed by atoms with Crippen LogP contribution in [-0.2, 0) is 12.8 Å². The number of aryl methyl sites for hydroxylation is 2. The number of nitrogens with one attached hydrogen (secondary N) is 1. The van der Waals surface area contributed by atoms with Crippen molar-refractivity contribution in [3.8, 4) is 5.75 Å². The molecule has 0 saturated heterocycles. The van der Waals surface area contributed by atoms with Crippen molar-refractivity contribution in [1.82, 2.24) is 5.32 Å². The SMILES string of the molecule is O=C(NCCOc1ccc2c(c1)CCC2)c1ccccc1Cl. The zero-order valence-corrected chi connectivity index (χ0v) is 13.0. The molecule has 1 amide bonds. The standard InChI is InChI=1S/C18H18ClNO2/c19-17-7-2-1-6-16(17)18(21)20-10-11-22-15-9-8-13-4-3-5-14(13)12-15/h1-2,6-9,12H,3-5,10-11H2,(H,20,21). The fourth-order valence-electron chi connectivity index (χ4n) is 2.71. The van der Waals surface area contributed by atoms with Crippen LogP contribution in [-0.4, -0.2) is 19.1 Å². The van der Waals surface area contributed by atoms with Crippen LogP contribution < -0.4 is 10.1 Å². The molecule has 3 nitrogen and oxygen atoms in total. The fourth-order valence-corrected chi connectivity index (χ4v) is 2.93. The second kappa shape index (κ2) is 6.84. The van der Waals surface area contributed by atoms with Crippen LogP contribution >= 0.6 is 11.6 Å². The second-order valence-corrected chi connectivity index (χ2v) is 5.78. The summed E-state index contributed by atoms with van der Waals surface area (Å²) in [4.78, 5) is 12.0. The maximum atomic E-state index is 12.0. The molecule has 1 aliphatic rings. The van der Waals surface area contributed by atoms with E-state index in [0.29, 0.717) is 23.7 Å². The van der Waals surface area contributed by atoms with Crippen LogP contribution in [0.25, 0.3) is 0 Å². The highest BCUT2D eigenvalue weighted by atomic mass is 35.5. The zero-order valence-electron chi connectivity index (χ0n) is 12.3. The minimum atomic E-state index is -0.178. The predicted molar refractivity (Wildman–Crippen MR) is 87.7 cm³/mol. The summed E-state index contributed by atoms with van der Waals surface area (Å²) in [7, 11) is 0. The Morgan fingerprint density at radius 1 is 1.14 bits per heavy atom. The lowest BCUT2D eigenvalue weighted by atomic mass is 10.1. The number of carbonyl (C=O) groups excluding carboxylic acids is 1. The van der Waals surface area contributed by atoms with E-state index in [9.17, 15) is 4.79 Å². The largest absolute Gasteiger partial charge is 0.492 e. The van der Waals surface area contributed by atoms with Gasteiger partial charge in [0.15, 0.2) is 0 Å². The van der Waals surface area contributed by atoms with Gasteiger partial charge in [0.25, 0.3) is 5.91 Å². The first-order valence-electron chi connectivity index (χ1n) is 7.51. The third-order valence-corrected chi connectivity index (χ3v) is 4.17. The van der Waals surface area contributed by atoms with Gasteiger partial charge >= 0.3 is 0 Å². The van der Waals surface area contributed by atoms with Crippen molar-refractivity contribution in [3.63, 3.8) is 0 Å². The molecule has 0 spiro atoms. The van der Waals surface area contributed by atoms with Crippen molar-refractivity contribution in [2.75, 3.05) is 13.2 Å². The Kier molecular flexibility index (Phi) is 4.64. The molecule has 0 heterocycles. The summed E-state index contributed by atoms with van der Waals surface area (Å²) in [6.07, 6.45) is 3.53. The Balaban J connectivity index is 1.48. The highest BCUT2D eigenvalue weighted by molar-refractivity contribution is 6.33. The van der Waals surface area contributed by atoms with E-state index in [0.717, 1.165) is 12.2 Å². The summed E-state index contributed by atoms with van der Waals surface area (Å²) in [5.41, 5.74) is 3.30. The molecule has 1 aliphatic carbocycles. The molecule has 0 aliphatic heterocycles. The molecule has 114 valence electrons. The number of halogens is 1. The monoisotopic (exact) mass is 315 g/mol. The summed E-state index contributed by atoms with van der Waals surface area (Å²) >= 11 is 5.99. The van der Waals surface area contributed by atoms with Gasteiger partial charge in [-0.2, -0.15) is 0 Å². The predicted octanol–water partition coefficient (Wildman–Crippen LogP) is 3.64. The number of hydrogen-bond donors (Lipinski definition) is 1. The number of benzene rings is 2. The molecule has 0 unspecified atom stereocenters. The quantitative estimate of drug-likeness (QED) is 0.856. The van der Waals surface area contributed by atoms with Crippen LogP contribution in [0.5, 0.6) is 5.75 Å². The van der Waals surface area contributed by atoms with E-state index in [-0.39, 0.29) is 5.91 Å². The first-order chi connectivity index (χ1) is 10.7. The Bertz CT molecular complexity index is 685. The maximum absolute atomic E-state index is 12.0. The van der Waals surface area contributed by atoms with E-state index >= 15 is 0 Å². The lowest BCUT2D eigenvalue weighted by Crippen LogP contribution is -2.28. The molecule has 2 aromatic carbocycles. The number of rotatable bonds is 5. The van der Waals surface area contributed by atoms with Gasteiger partial charge in [0.1, 0.15) is 12.4 Å². The maximum Gasteiger partial charge on any atom is 0.252 e. The van der Waals surface area contributed by atoms with Gasteiger partial charge in [-0.3, -0.25) is 4.79 Å². The minimum Gasteiger partial charge on any atom is -0.492 e. The fraction of sp³-hybridized carbons (Fsp3) is 0.278. The Labute approximate surface area is 135 Å². The van der Waals surface area contributed by atoms with Gasteiger partial charge in [0.2, 0.25) is 0 Å². The van der Waals surface area contributed by atoms with Gasteiger partial charge in [-0.1, -0.05) is 29.8 Å². The average molecular weight is 316 g/mol. The van der Waals surface area contributed by atoms with E-state index in [1.54, 1.807) is 24.3 Å². The van der Waals surface area contributed by atoms with E-state index in [1.165, 1.54) is 24.0 Å². The van der Waals surface area contributed by atoms with E-state index in [1.807, 2.05) is 6.07 Å². The van der Waals surface area contributed by atoms with Gasteiger partial charge in [-0.25, -0.2) is 0 Å². The van der Waals surface area contributed by atoms with Crippen LogP contribution in [0.4, 0.5) is 0 Å². The average Bonchev–Trinajstić information content (AvgIpc) is 2.99. The third-order valence-electron chi connectivity index (χ3n) is 3.84. The van der Waals surface area contributed by atoms with E-state index in [2.05, 4.69) is 17.4 Å². The van der Waals surface area contributed by atoms with E-state index < -0.39 is 0 Å². The van der Waals surface area contributed by atoms with Crippen LogP contribution in [0, 0.1) is 0 Å². The molecule has 0 saturated carbocycles. The molecule has 2 aromatic rings.